The van der Waals surface area contributed by atoms with Gasteiger partial charge in [0.1, 0.15) is 18.5 Å². The predicted molar refractivity (Wildman–Crippen MR) is 95.1 cm³/mol. The van der Waals surface area contributed by atoms with E-state index in [1.807, 2.05) is 24.3 Å². The molecule has 1 N–H and O–H groups in total. The van der Waals surface area contributed by atoms with E-state index in [9.17, 15) is 9.90 Å². The molecule has 1 heterocycles. The molecule has 1 atom stereocenters. The standard InChI is InChI=1S/C17H16Cl2N2O3/c1-20-14-4-2-3-5-15(14)21(17(20)23)9-12(22)10-24-16-7-6-11(18)8-13(16)19/h2-8,12,22H,9-10H2,1H3. The van der Waals surface area contributed by atoms with Crippen LogP contribution in [0.15, 0.2) is 47.3 Å². The van der Waals surface area contributed by atoms with E-state index in [4.69, 9.17) is 27.9 Å². The highest BCUT2D eigenvalue weighted by atomic mass is 35.5. The van der Waals surface area contributed by atoms with Crippen LogP contribution in [0.3, 0.4) is 0 Å². The summed E-state index contributed by atoms with van der Waals surface area (Å²) in [6, 6.07) is 12.3. The van der Waals surface area contributed by atoms with Crippen molar-refractivity contribution in [2.24, 2.45) is 7.05 Å². The van der Waals surface area contributed by atoms with Crippen LogP contribution in [0.4, 0.5) is 0 Å². The molecule has 0 saturated heterocycles. The number of benzene rings is 2. The van der Waals surface area contributed by atoms with Crippen molar-refractivity contribution >= 4 is 34.2 Å². The third-order valence-corrected chi connectivity index (χ3v) is 4.30. The number of rotatable bonds is 5. The third-order valence-electron chi connectivity index (χ3n) is 3.77. The fourth-order valence-electron chi connectivity index (χ4n) is 2.58. The molecular weight excluding hydrogens is 351 g/mol. The number of halogens is 2. The van der Waals surface area contributed by atoms with Crippen molar-refractivity contribution in [2.45, 2.75) is 12.6 Å². The summed E-state index contributed by atoms with van der Waals surface area (Å²) in [5, 5.41) is 11.1. The fraction of sp³-hybridized carbons (Fsp3) is 0.235. The Labute approximate surface area is 148 Å². The third kappa shape index (κ3) is 3.29. The Morgan fingerprint density at radius 3 is 2.58 bits per heavy atom. The van der Waals surface area contributed by atoms with Gasteiger partial charge in [0.2, 0.25) is 0 Å². The van der Waals surface area contributed by atoms with Gasteiger partial charge in [-0.05, 0) is 30.3 Å². The van der Waals surface area contributed by atoms with Gasteiger partial charge in [-0.2, -0.15) is 0 Å². The van der Waals surface area contributed by atoms with E-state index in [-0.39, 0.29) is 18.8 Å². The second kappa shape index (κ2) is 6.89. The van der Waals surface area contributed by atoms with Crippen molar-refractivity contribution < 1.29 is 9.84 Å². The lowest BCUT2D eigenvalue weighted by Crippen LogP contribution is -2.30. The molecular formula is C17H16Cl2N2O3. The van der Waals surface area contributed by atoms with E-state index in [0.717, 1.165) is 11.0 Å². The van der Waals surface area contributed by atoms with Crippen LogP contribution in [-0.4, -0.2) is 27.0 Å². The Balaban J connectivity index is 1.75. The normalized spacial score (nSPS) is 12.5. The Bertz CT molecular complexity index is 933. The number of nitrogens with zero attached hydrogens (tertiary/aromatic N) is 2. The zero-order chi connectivity index (χ0) is 17.3. The molecule has 1 aromatic heterocycles. The number of aliphatic hydroxyl groups is 1. The largest absolute Gasteiger partial charge is 0.489 e. The van der Waals surface area contributed by atoms with Crippen LogP contribution < -0.4 is 10.4 Å². The van der Waals surface area contributed by atoms with Crippen molar-refractivity contribution in [2.75, 3.05) is 6.61 Å². The number of para-hydroxylation sites is 2. The van der Waals surface area contributed by atoms with Gasteiger partial charge in [-0.15, -0.1) is 0 Å². The average Bonchev–Trinajstić information content (AvgIpc) is 2.79. The molecule has 0 spiro atoms. The van der Waals surface area contributed by atoms with Crippen molar-refractivity contribution in [1.29, 1.82) is 0 Å². The lowest BCUT2D eigenvalue weighted by molar-refractivity contribution is 0.0925. The summed E-state index contributed by atoms with van der Waals surface area (Å²) >= 11 is 11.9. The van der Waals surface area contributed by atoms with Gasteiger partial charge in [0.05, 0.1) is 22.6 Å². The van der Waals surface area contributed by atoms with E-state index >= 15 is 0 Å². The maximum Gasteiger partial charge on any atom is 0.328 e. The van der Waals surface area contributed by atoms with Crippen LogP contribution in [0.1, 0.15) is 0 Å². The lowest BCUT2D eigenvalue weighted by Gasteiger charge is -2.14. The Hall–Kier alpha value is -1.95. The van der Waals surface area contributed by atoms with Gasteiger partial charge in [-0.1, -0.05) is 35.3 Å². The number of aliphatic hydroxyl groups excluding tert-OH is 1. The first-order chi connectivity index (χ1) is 11.5. The van der Waals surface area contributed by atoms with Gasteiger partial charge in [0.25, 0.3) is 0 Å². The van der Waals surface area contributed by atoms with Gasteiger partial charge < -0.3 is 9.84 Å². The summed E-state index contributed by atoms with van der Waals surface area (Å²) in [5.41, 5.74) is 1.41. The van der Waals surface area contributed by atoms with Crippen molar-refractivity contribution in [3.63, 3.8) is 0 Å². The van der Waals surface area contributed by atoms with E-state index < -0.39 is 6.10 Å². The van der Waals surface area contributed by atoms with Crippen molar-refractivity contribution in [3.8, 4) is 5.75 Å². The Morgan fingerprint density at radius 1 is 1.17 bits per heavy atom. The molecule has 2 aromatic carbocycles. The molecule has 0 aliphatic rings. The number of aryl methyl sites for hydroxylation is 1. The van der Waals surface area contributed by atoms with Crippen LogP contribution in [0, 0.1) is 0 Å². The second-order valence-corrected chi connectivity index (χ2v) is 6.32. The highest BCUT2D eigenvalue weighted by Crippen LogP contribution is 2.27. The topological polar surface area (TPSA) is 56.4 Å². The van der Waals surface area contributed by atoms with E-state index in [1.54, 1.807) is 29.8 Å². The van der Waals surface area contributed by atoms with Gasteiger partial charge in [0, 0.05) is 12.1 Å². The van der Waals surface area contributed by atoms with E-state index in [1.165, 1.54) is 4.57 Å². The molecule has 0 aliphatic heterocycles. The summed E-state index contributed by atoms with van der Waals surface area (Å²) in [7, 11) is 1.71. The van der Waals surface area contributed by atoms with Crippen molar-refractivity contribution in [1.82, 2.24) is 9.13 Å². The minimum absolute atomic E-state index is 0.0109. The summed E-state index contributed by atoms with van der Waals surface area (Å²) in [4.78, 5) is 12.3. The monoisotopic (exact) mass is 366 g/mol. The zero-order valence-electron chi connectivity index (χ0n) is 12.9. The number of ether oxygens (including phenoxy) is 1. The molecule has 0 fully saturated rings. The molecule has 0 aliphatic carbocycles. The number of hydrogen-bond donors (Lipinski definition) is 1. The minimum atomic E-state index is -0.861. The SMILES string of the molecule is Cn1c(=O)n(CC(O)COc2ccc(Cl)cc2Cl)c2ccccc21. The van der Waals surface area contributed by atoms with Gasteiger partial charge in [0.15, 0.2) is 0 Å². The Morgan fingerprint density at radius 2 is 1.88 bits per heavy atom. The van der Waals surface area contributed by atoms with E-state index in [0.29, 0.717) is 15.8 Å². The molecule has 0 bridgehead atoms. The molecule has 0 radical (unpaired) electrons. The number of aromatic nitrogens is 2. The molecule has 0 saturated carbocycles. The molecule has 24 heavy (non-hydrogen) atoms. The number of imidazole rings is 1. The highest BCUT2D eigenvalue weighted by Gasteiger charge is 2.15. The van der Waals surface area contributed by atoms with Crippen LogP contribution in [0.5, 0.6) is 5.75 Å². The van der Waals surface area contributed by atoms with E-state index in [2.05, 4.69) is 0 Å². The van der Waals surface area contributed by atoms with Gasteiger partial charge in [-0.3, -0.25) is 9.13 Å². The Kier molecular flexibility index (Phi) is 4.85. The summed E-state index contributed by atoms with van der Waals surface area (Å²) in [6.45, 7) is 0.141. The van der Waals surface area contributed by atoms with Gasteiger partial charge in [-0.25, -0.2) is 4.79 Å². The zero-order valence-corrected chi connectivity index (χ0v) is 14.5. The average molecular weight is 367 g/mol. The van der Waals surface area contributed by atoms with Crippen LogP contribution in [0.25, 0.3) is 11.0 Å². The lowest BCUT2D eigenvalue weighted by atomic mass is 10.3. The second-order valence-electron chi connectivity index (χ2n) is 5.48. The fourth-order valence-corrected chi connectivity index (χ4v) is 3.04. The van der Waals surface area contributed by atoms with Crippen LogP contribution in [0.2, 0.25) is 10.0 Å². The predicted octanol–water partition coefficient (Wildman–Crippen LogP) is 3.09. The maximum absolute atomic E-state index is 12.3. The molecule has 7 heteroatoms. The first kappa shape index (κ1) is 16.9. The quantitative estimate of drug-likeness (QED) is 0.754. The summed E-state index contributed by atoms with van der Waals surface area (Å²) in [5.74, 6) is 0.436. The molecule has 3 rings (SSSR count). The first-order valence-corrected chi connectivity index (χ1v) is 8.13. The smallest absolute Gasteiger partial charge is 0.328 e. The first-order valence-electron chi connectivity index (χ1n) is 7.37. The summed E-state index contributed by atoms with van der Waals surface area (Å²) in [6.07, 6.45) is -0.861. The van der Waals surface area contributed by atoms with Crippen LogP contribution in [-0.2, 0) is 13.6 Å². The molecule has 5 nitrogen and oxygen atoms in total. The molecule has 126 valence electrons. The van der Waals surface area contributed by atoms with Crippen molar-refractivity contribution in [3.05, 3.63) is 63.0 Å². The molecule has 0 amide bonds. The number of fused-ring (bicyclic) bond motifs is 1. The highest BCUT2D eigenvalue weighted by molar-refractivity contribution is 6.35. The van der Waals surface area contributed by atoms with Crippen LogP contribution >= 0.6 is 23.2 Å². The molecule has 1 unspecified atom stereocenters. The minimum Gasteiger partial charge on any atom is -0.489 e. The van der Waals surface area contributed by atoms with Gasteiger partial charge >= 0.3 is 5.69 Å². The summed E-state index contributed by atoms with van der Waals surface area (Å²) < 4.78 is 8.61. The molecule has 3 aromatic rings. The number of hydrogen-bond acceptors (Lipinski definition) is 3. The maximum atomic E-state index is 12.3.